The number of nitrogens with zero attached hydrogens (tertiary/aromatic N) is 7. The van der Waals surface area contributed by atoms with E-state index >= 15 is 0 Å². The van der Waals surface area contributed by atoms with E-state index in [1.807, 2.05) is 24.3 Å². The van der Waals surface area contributed by atoms with Gasteiger partial charge < -0.3 is 25.4 Å². The number of anilines is 3. The van der Waals surface area contributed by atoms with Gasteiger partial charge >= 0.3 is 0 Å². The Labute approximate surface area is 217 Å². The van der Waals surface area contributed by atoms with Crippen molar-refractivity contribution < 1.29 is 9.84 Å². The van der Waals surface area contributed by atoms with Gasteiger partial charge in [0.25, 0.3) is 0 Å². The summed E-state index contributed by atoms with van der Waals surface area (Å²) >= 11 is 0. The molecule has 0 aliphatic carbocycles. The van der Waals surface area contributed by atoms with Crippen molar-refractivity contribution >= 4 is 17.3 Å². The van der Waals surface area contributed by atoms with Crippen LogP contribution in [0.3, 0.4) is 0 Å². The number of ether oxygens (including phenoxy) is 1. The van der Waals surface area contributed by atoms with Crippen molar-refractivity contribution in [3.05, 3.63) is 48.4 Å². The van der Waals surface area contributed by atoms with E-state index in [9.17, 15) is 5.11 Å². The predicted octanol–water partition coefficient (Wildman–Crippen LogP) is 2.01. The summed E-state index contributed by atoms with van der Waals surface area (Å²) < 4.78 is 5.59. The SMILES string of the molecule is CC1CN(CC#Cc2nccc(N3CCCN(c4cc(-c5ccccc5O)nnc4N)CC3)n2)CCO1. The summed E-state index contributed by atoms with van der Waals surface area (Å²) in [6.45, 7) is 8.50. The second-order valence-electron chi connectivity index (χ2n) is 9.30. The van der Waals surface area contributed by atoms with E-state index in [2.05, 4.69) is 48.6 Å². The van der Waals surface area contributed by atoms with Crippen LogP contribution in [0.4, 0.5) is 17.3 Å². The highest BCUT2D eigenvalue weighted by molar-refractivity contribution is 5.74. The Morgan fingerprint density at radius 1 is 1.08 bits per heavy atom. The van der Waals surface area contributed by atoms with Gasteiger partial charge in [0.15, 0.2) is 5.82 Å². The molecule has 1 atom stereocenters. The first-order valence-corrected chi connectivity index (χ1v) is 12.6. The molecular weight excluding hydrogens is 468 g/mol. The lowest BCUT2D eigenvalue weighted by Crippen LogP contribution is -2.41. The van der Waals surface area contributed by atoms with Crippen molar-refractivity contribution in [2.45, 2.75) is 19.4 Å². The van der Waals surface area contributed by atoms with Crippen LogP contribution >= 0.6 is 0 Å². The van der Waals surface area contributed by atoms with Crippen LogP contribution in [-0.2, 0) is 4.74 Å². The zero-order valence-corrected chi connectivity index (χ0v) is 21.0. The fourth-order valence-electron chi connectivity index (χ4n) is 4.70. The Kier molecular flexibility index (Phi) is 7.63. The summed E-state index contributed by atoms with van der Waals surface area (Å²) in [5.74, 6) is 8.29. The average Bonchev–Trinajstić information content (AvgIpc) is 3.16. The maximum absolute atomic E-state index is 10.2. The Morgan fingerprint density at radius 2 is 1.92 bits per heavy atom. The van der Waals surface area contributed by atoms with Crippen LogP contribution < -0.4 is 15.5 Å². The van der Waals surface area contributed by atoms with Crippen molar-refractivity contribution in [1.82, 2.24) is 25.1 Å². The van der Waals surface area contributed by atoms with Crippen LogP contribution in [0, 0.1) is 11.8 Å². The molecule has 0 amide bonds. The summed E-state index contributed by atoms with van der Waals surface area (Å²) in [5, 5.41) is 18.6. The van der Waals surface area contributed by atoms with Gasteiger partial charge in [-0.2, -0.15) is 0 Å². The number of hydrogen-bond acceptors (Lipinski definition) is 10. The molecule has 0 spiro atoms. The smallest absolute Gasteiger partial charge is 0.206 e. The van der Waals surface area contributed by atoms with Gasteiger partial charge in [0, 0.05) is 51.0 Å². The minimum atomic E-state index is 0.164. The molecular formula is C27H32N8O2. The van der Waals surface area contributed by atoms with Crippen LogP contribution in [-0.4, -0.2) is 88.7 Å². The Balaban J connectivity index is 1.26. The molecule has 3 aromatic rings. The fraction of sp³-hybridized carbons (Fsp3) is 0.407. The van der Waals surface area contributed by atoms with E-state index in [1.54, 1.807) is 18.3 Å². The number of phenolic OH excluding ortho intramolecular Hbond substituents is 1. The molecule has 2 saturated heterocycles. The fourth-order valence-corrected chi connectivity index (χ4v) is 4.70. The second-order valence-corrected chi connectivity index (χ2v) is 9.30. The number of nitrogens with two attached hydrogens (primary N) is 1. The topological polar surface area (TPSA) is 117 Å². The maximum atomic E-state index is 10.2. The Morgan fingerprint density at radius 3 is 2.78 bits per heavy atom. The normalized spacial score (nSPS) is 18.7. The number of para-hydroxylation sites is 1. The molecule has 1 aromatic carbocycles. The minimum Gasteiger partial charge on any atom is -0.507 e. The van der Waals surface area contributed by atoms with Crippen molar-refractivity contribution in [1.29, 1.82) is 0 Å². The maximum Gasteiger partial charge on any atom is 0.206 e. The summed E-state index contributed by atoms with van der Waals surface area (Å²) in [6, 6.07) is 10.9. The van der Waals surface area contributed by atoms with Crippen molar-refractivity contribution in [3.63, 3.8) is 0 Å². The molecule has 2 aliphatic heterocycles. The third-order valence-electron chi connectivity index (χ3n) is 6.61. The van der Waals surface area contributed by atoms with E-state index in [0.29, 0.717) is 29.4 Å². The van der Waals surface area contributed by atoms with Gasteiger partial charge in [-0.1, -0.05) is 18.1 Å². The lowest BCUT2D eigenvalue weighted by molar-refractivity contribution is -0.0133. The zero-order valence-electron chi connectivity index (χ0n) is 21.0. The zero-order chi connectivity index (χ0) is 25.6. The van der Waals surface area contributed by atoms with Gasteiger partial charge in [-0.15, -0.1) is 10.2 Å². The van der Waals surface area contributed by atoms with Gasteiger partial charge in [0.1, 0.15) is 11.6 Å². The second kappa shape index (κ2) is 11.4. The molecule has 0 radical (unpaired) electrons. The molecule has 4 heterocycles. The first-order chi connectivity index (χ1) is 18.1. The summed E-state index contributed by atoms with van der Waals surface area (Å²) in [6.07, 6.45) is 2.94. The van der Waals surface area contributed by atoms with Gasteiger partial charge in [-0.05, 0) is 43.5 Å². The number of aromatic hydroxyl groups is 1. The quantitative estimate of drug-likeness (QED) is 0.515. The van der Waals surface area contributed by atoms with E-state index < -0.39 is 0 Å². The highest BCUT2D eigenvalue weighted by atomic mass is 16.5. The summed E-state index contributed by atoms with van der Waals surface area (Å²) in [4.78, 5) is 15.8. The van der Waals surface area contributed by atoms with Crippen molar-refractivity contribution in [2.75, 3.05) is 68.0 Å². The number of benzene rings is 1. The third kappa shape index (κ3) is 6.07. The molecule has 10 nitrogen and oxygen atoms in total. The average molecular weight is 501 g/mol. The molecule has 3 N–H and O–H groups in total. The van der Waals surface area contributed by atoms with Gasteiger partial charge in [-0.25, -0.2) is 9.97 Å². The van der Waals surface area contributed by atoms with Crippen LogP contribution in [0.1, 0.15) is 19.2 Å². The van der Waals surface area contributed by atoms with Gasteiger partial charge in [0.2, 0.25) is 5.82 Å². The highest BCUT2D eigenvalue weighted by Crippen LogP contribution is 2.31. The molecule has 192 valence electrons. The summed E-state index contributed by atoms with van der Waals surface area (Å²) in [5.41, 5.74) is 8.27. The number of phenols is 1. The highest BCUT2D eigenvalue weighted by Gasteiger charge is 2.20. The standard InChI is InChI=1S/C27H32N8O2/c1-20-19-33(16-17-37-20)11-4-8-25-29-10-9-26(30-25)35-13-5-12-34(14-15-35)23-18-22(31-32-27(23)28)21-6-2-3-7-24(21)36/h2-3,6-7,9-10,18,20,36H,5,11-17,19H2,1H3,(H2,28,32). The monoisotopic (exact) mass is 500 g/mol. The van der Waals surface area contributed by atoms with Crippen molar-refractivity contribution in [2.24, 2.45) is 0 Å². The first-order valence-electron chi connectivity index (χ1n) is 12.6. The number of nitrogen functional groups attached to an aromatic ring is 1. The van der Waals surface area contributed by atoms with Gasteiger partial charge in [0.05, 0.1) is 30.6 Å². The van der Waals surface area contributed by atoms with Crippen LogP contribution in [0.5, 0.6) is 5.75 Å². The molecule has 37 heavy (non-hydrogen) atoms. The van der Waals surface area contributed by atoms with E-state index in [4.69, 9.17) is 15.5 Å². The van der Waals surface area contributed by atoms with Crippen LogP contribution in [0.2, 0.25) is 0 Å². The van der Waals surface area contributed by atoms with Crippen LogP contribution in [0.15, 0.2) is 42.6 Å². The lowest BCUT2D eigenvalue weighted by Gasteiger charge is -2.29. The largest absolute Gasteiger partial charge is 0.507 e. The molecule has 2 aliphatic rings. The number of morpholine rings is 1. The van der Waals surface area contributed by atoms with Gasteiger partial charge in [-0.3, -0.25) is 4.90 Å². The number of aromatic nitrogens is 4. The molecule has 5 rings (SSSR count). The number of rotatable bonds is 4. The predicted molar refractivity (Wildman–Crippen MR) is 143 cm³/mol. The minimum absolute atomic E-state index is 0.164. The molecule has 2 aromatic heterocycles. The van der Waals surface area contributed by atoms with Crippen LogP contribution in [0.25, 0.3) is 11.3 Å². The van der Waals surface area contributed by atoms with E-state index in [1.165, 1.54) is 0 Å². The van der Waals surface area contributed by atoms with E-state index in [-0.39, 0.29) is 11.9 Å². The molecule has 0 bridgehead atoms. The molecule has 2 fully saturated rings. The Bertz CT molecular complexity index is 1290. The molecule has 0 saturated carbocycles. The molecule has 10 heteroatoms. The van der Waals surface area contributed by atoms with E-state index in [0.717, 1.165) is 63.8 Å². The molecule has 1 unspecified atom stereocenters. The van der Waals surface area contributed by atoms with Crippen molar-refractivity contribution in [3.8, 4) is 28.8 Å². The number of hydrogen-bond donors (Lipinski definition) is 2. The summed E-state index contributed by atoms with van der Waals surface area (Å²) in [7, 11) is 0. The lowest BCUT2D eigenvalue weighted by atomic mass is 10.1. The third-order valence-corrected chi connectivity index (χ3v) is 6.61. The Hall–Kier alpha value is -3.94. The first kappa shape index (κ1) is 24.7.